The molecule has 3 aliphatic rings. The van der Waals surface area contributed by atoms with Crippen LogP contribution < -0.4 is 19.7 Å². The third-order valence-corrected chi connectivity index (χ3v) is 8.62. The van der Waals surface area contributed by atoms with Crippen LogP contribution >= 0.6 is 11.6 Å². The third-order valence-electron chi connectivity index (χ3n) is 8.36. The predicted molar refractivity (Wildman–Crippen MR) is 160 cm³/mol. The number of benzene rings is 2. The second-order valence-corrected chi connectivity index (χ2v) is 11.5. The maximum Gasteiger partial charge on any atom is 0.258 e. The van der Waals surface area contributed by atoms with Gasteiger partial charge < -0.3 is 29.5 Å². The maximum atomic E-state index is 13.1. The molecule has 2 aliphatic heterocycles. The van der Waals surface area contributed by atoms with Gasteiger partial charge in [0.05, 0.1) is 36.6 Å². The molecule has 2 fully saturated rings. The first kappa shape index (κ1) is 28.0. The number of nitrogens with one attached hydrogen (secondary N) is 1. The summed E-state index contributed by atoms with van der Waals surface area (Å²) in [5, 5.41) is 3.44. The van der Waals surface area contributed by atoms with Crippen LogP contribution in [0.2, 0.25) is 5.02 Å². The third kappa shape index (κ3) is 5.07. The van der Waals surface area contributed by atoms with Crippen LogP contribution in [-0.4, -0.2) is 97.5 Å². The Hall–Kier alpha value is -4.09. The van der Waals surface area contributed by atoms with Crippen molar-refractivity contribution < 1.29 is 19.1 Å². The van der Waals surface area contributed by atoms with Crippen LogP contribution in [0.25, 0.3) is 0 Å². The van der Waals surface area contributed by atoms with Crippen LogP contribution in [0.3, 0.4) is 0 Å². The number of carbonyl (C=O) groups is 2. The predicted octanol–water partition coefficient (Wildman–Crippen LogP) is 3.96. The molecule has 1 aromatic heterocycles. The van der Waals surface area contributed by atoms with Crippen molar-refractivity contribution in [2.45, 2.75) is 18.4 Å². The summed E-state index contributed by atoms with van der Waals surface area (Å²) >= 11 is 6.42. The molecule has 2 aromatic carbocycles. The van der Waals surface area contributed by atoms with Gasteiger partial charge in [-0.15, -0.1) is 0 Å². The summed E-state index contributed by atoms with van der Waals surface area (Å²) < 4.78 is 11.8. The lowest BCUT2D eigenvalue weighted by Gasteiger charge is -2.36. The largest absolute Gasteiger partial charge is 0.494 e. The number of halogens is 1. The molecule has 1 spiro atoms. The van der Waals surface area contributed by atoms with Crippen LogP contribution in [-0.2, 0) is 10.3 Å². The van der Waals surface area contributed by atoms with Gasteiger partial charge in [-0.05, 0) is 36.6 Å². The molecule has 12 heteroatoms. The Labute approximate surface area is 250 Å². The van der Waals surface area contributed by atoms with Crippen LogP contribution in [0, 0.1) is 0 Å². The lowest BCUT2D eigenvalue weighted by atomic mass is 10.0. The SMILES string of the molecule is COc1cc(N2CCN(CC(=O)N(C)C)CC2)ccc1Nc1ncc(Cl)c(Oc2cccc3c2C(=O)N(C)C32CC2)n1. The maximum absolute atomic E-state index is 13.1. The van der Waals surface area contributed by atoms with Gasteiger partial charge >= 0.3 is 0 Å². The summed E-state index contributed by atoms with van der Waals surface area (Å²) in [5.41, 5.74) is 3.04. The minimum absolute atomic E-state index is 0.0603. The number of rotatable bonds is 8. The molecule has 6 rings (SSSR count). The highest BCUT2D eigenvalue weighted by molar-refractivity contribution is 6.31. The number of nitrogens with zero attached hydrogens (tertiary/aromatic N) is 6. The first-order chi connectivity index (χ1) is 20.2. The van der Waals surface area contributed by atoms with Gasteiger partial charge in [0.15, 0.2) is 0 Å². The van der Waals surface area contributed by atoms with E-state index in [4.69, 9.17) is 21.1 Å². The van der Waals surface area contributed by atoms with E-state index in [0.29, 0.717) is 29.3 Å². The lowest BCUT2D eigenvalue weighted by molar-refractivity contribution is -0.129. The number of hydrogen-bond donors (Lipinski definition) is 1. The summed E-state index contributed by atoms with van der Waals surface area (Å²) in [5.74, 6) is 1.52. The minimum Gasteiger partial charge on any atom is -0.494 e. The zero-order valence-corrected chi connectivity index (χ0v) is 24.9. The van der Waals surface area contributed by atoms with Gasteiger partial charge in [-0.25, -0.2) is 4.98 Å². The topological polar surface area (TPSA) is 103 Å². The molecule has 0 atom stereocenters. The van der Waals surface area contributed by atoms with Gasteiger partial charge in [0.25, 0.3) is 5.91 Å². The van der Waals surface area contributed by atoms with Crippen LogP contribution in [0.4, 0.5) is 17.3 Å². The summed E-state index contributed by atoms with van der Waals surface area (Å²) in [4.78, 5) is 41.9. The average Bonchev–Trinajstić information content (AvgIpc) is 3.77. The molecule has 0 unspecified atom stereocenters. The number of hydrogen-bond acceptors (Lipinski definition) is 9. The van der Waals surface area contributed by atoms with Crippen molar-refractivity contribution in [2.75, 3.05) is 71.2 Å². The molecule has 3 heterocycles. The van der Waals surface area contributed by atoms with Crippen molar-refractivity contribution >= 4 is 40.7 Å². The van der Waals surface area contributed by atoms with Crippen molar-refractivity contribution in [3.8, 4) is 17.4 Å². The number of methoxy groups -OCH3 is 1. The molecule has 0 bridgehead atoms. The number of aromatic nitrogens is 2. The number of anilines is 3. The first-order valence-electron chi connectivity index (χ1n) is 13.9. The number of carbonyl (C=O) groups excluding carboxylic acids is 2. The summed E-state index contributed by atoms with van der Waals surface area (Å²) in [7, 11) is 7.01. The zero-order valence-electron chi connectivity index (χ0n) is 24.2. The molecule has 1 aliphatic carbocycles. The molecular weight excluding hydrogens is 558 g/mol. The van der Waals surface area contributed by atoms with E-state index in [1.807, 2.05) is 37.4 Å². The molecule has 11 nitrogen and oxygen atoms in total. The fraction of sp³-hybridized carbons (Fsp3) is 0.400. The molecule has 3 aromatic rings. The zero-order chi connectivity index (χ0) is 29.6. The molecule has 2 amide bonds. The smallest absolute Gasteiger partial charge is 0.258 e. The number of fused-ring (bicyclic) bond motifs is 2. The Kier molecular flexibility index (Phi) is 7.32. The Balaban J connectivity index is 1.17. The number of ether oxygens (including phenoxy) is 2. The van der Waals surface area contributed by atoms with Gasteiger partial charge in [-0.1, -0.05) is 23.7 Å². The number of amides is 2. The minimum atomic E-state index is -0.213. The van der Waals surface area contributed by atoms with E-state index in [1.165, 1.54) is 6.20 Å². The Bertz CT molecular complexity index is 1540. The van der Waals surface area contributed by atoms with Crippen LogP contribution in [0.15, 0.2) is 42.6 Å². The van der Waals surface area contributed by atoms with E-state index >= 15 is 0 Å². The van der Waals surface area contributed by atoms with Crippen molar-refractivity contribution in [3.05, 3.63) is 58.7 Å². The highest BCUT2D eigenvalue weighted by Gasteiger charge is 2.57. The van der Waals surface area contributed by atoms with E-state index in [2.05, 4.69) is 25.1 Å². The van der Waals surface area contributed by atoms with Crippen LogP contribution in [0.1, 0.15) is 28.8 Å². The molecule has 220 valence electrons. The molecule has 1 saturated carbocycles. The van der Waals surface area contributed by atoms with Crippen molar-refractivity contribution in [1.29, 1.82) is 0 Å². The Morgan fingerprint density at radius 1 is 1.12 bits per heavy atom. The summed E-state index contributed by atoms with van der Waals surface area (Å²) in [6, 6.07) is 11.6. The van der Waals surface area contributed by atoms with E-state index in [9.17, 15) is 9.59 Å². The van der Waals surface area contributed by atoms with Crippen molar-refractivity contribution in [2.24, 2.45) is 0 Å². The monoisotopic (exact) mass is 591 g/mol. The first-order valence-corrected chi connectivity index (χ1v) is 14.3. The quantitative estimate of drug-likeness (QED) is 0.417. The van der Waals surface area contributed by atoms with Gasteiger partial charge in [-0.2, -0.15) is 4.98 Å². The highest BCUT2D eigenvalue weighted by Crippen LogP contribution is 2.57. The fourth-order valence-electron chi connectivity index (χ4n) is 5.68. The number of likely N-dealkylation sites (N-methyl/N-ethyl adjacent to an activating group) is 1. The number of piperazine rings is 1. The van der Waals surface area contributed by atoms with E-state index in [0.717, 1.165) is 50.3 Å². The van der Waals surface area contributed by atoms with Crippen molar-refractivity contribution in [1.82, 2.24) is 24.7 Å². The van der Waals surface area contributed by atoms with E-state index < -0.39 is 0 Å². The van der Waals surface area contributed by atoms with E-state index in [-0.39, 0.29) is 34.2 Å². The standard InChI is InChI=1S/C30H34ClN7O4/c1-35(2)25(39)18-37-12-14-38(15-13-37)19-8-9-22(24(16-19)41-4)33-29-32-17-21(31)27(34-29)42-23-7-5-6-20-26(23)28(40)36(3)30(20)10-11-30/h5-9,16-17H,10-15,18H2,1-4H3,(H,32,33,34). The fourth-order valence-corrected chi connectivity index (χ4v) is 5.80. The Morgan fingerprint density at radius 3 is 2.57 bits per heavy atom. The van der Waals surface area contributed by atoms with Gasteiger partial charge in [0, 0.05) is 59.1 Å². The molecule has 42 heavy (non-hydrogen) atoms. The molecule has 0 radical (unpaired) electrons. The summed E-state index contributed by atoms with van der Waals surface area (Å²) in [6.45, 7) is 3.65. The normalized spacial score (nSPS) is 17.3. The second kappa shape index (κ2) is 11.0. The summed E-state index contributed by atoms with van der Waals surface area (Å²) in [6.07, 6.45) is 3.36. The van der Waals surface area contributed by atoms with E-state index in [1.54, 1.807) is 37.1 Å². The van der Waals surface area contributed by atoms with Crippen molar-refractivity contribution in [3.63, 3.8) is 0 Å². The second-order valence-electron chi connectivity index (χ2n) is 11.1. The molecular formula is C30H34ClN7O4. The highest BCUT2D eigenvalue weighted by atomic mass is 35.5. The molecule has 1 N–H and O–H groups in total. The van der Waals surface area contributed by atoms with Gasteiger partial charge in [0.2, 0.25) is 17.7 Å². The molecule has 1 saturated heterocycles. The lowest BCUT2D eigenvalue weighted by Crippen LogP contribution is -2.49. The average molecular weight is 592 g/mol. The van der Waals surface area contributed by atoms with Gasteiger partial charge in [0.1, 0.15) is 16.5 Å². The van der Waals surface area contributed by atoms with Crippen LogP contribution in [0.5, 0.6) is 17.4 Å². The Morgan fingerprint density at radius 2 is 1.88 bits per heavy atom. The van der Waals surface area contributed by atoms with Gasteiger partial charge in [-0.3, -0.25) is 14.5 Å².